The zero-order valence-electron chi connectivity index (χ0n) is 9.20. The van der Waals surface area contributed by atoms with Crippen molar-refractivity contribution in [1.29, 1.82) is 0 Å². The monoisotopic (exact) mass is 202 g/mol. The summed E-state index contributed by atoms with van der Waals surface area (Å²) >= 11 is 0. The first-order valence-electron chi connectivity index (χ1n) is 4.71. The van der Waals surface area contributed by atoms with Crippen LogP contribution in [0.2, 0.25) is 0 Å². The van der Waals surface area contributed by atoms with E-state index in [2.05, 4.69) is 9.47 Å². The Balaban J connectivity index is 4.23. The van der Waals surface area contributed by atoms with Crippen LogP contribution in [0.5, 0.6) is 0 Å². The van der Waals surface area contributed by atoms with Gasteiger partial charge in [-0.3, -0.25) is 9.59 Å². The van der Waals surface area contributed by atoms with Gasteiger partial charge in [0.1, 0.15) is 0 Å². The lowest BCUT2D eigenvalue weighted by Gasteiger charge is -2.18. The molecular formula is C10H18O4. The maximum absolute atomic E-state index is 11.3. The second-order valence-electron chi connectivity index (χ2n) is 3.30. The Kier molecular flexibility index (Phi) is 5.92. The van der Waals surface area contributed by atoms with Gasteiger partial charge in [-0.2, -0.15) is 0 Å². The average Bonchev–Trinajstić information content (AvgIpc) is 2.18. The minimum Gasteiger partial charge on any atom is -0.469 e. The SMILES string of the molecule is CC[C@H](C(=O)OC)[C@@H](C)CC(=O)OC. The van der Waals surface area contributed by atoms with E-state index in [0.29, 0.717) is 6.42 Å². The van der Waals surface area contributed by atoms with E-state index in [0.717, 1.165) is 0 Å². The highest BCUT2D eigenvalue weighted by molar-refractivity contribution is 5.75. The molecule has 4 nitrogen and oxygen atoms in total. The van der Waals surface area contributed by atoms with Crippen molar-refractivity contribution in [3.05, 3.63) is 0 Å². The second kappa shape index (κ2) is 6.40. The molecule has 0 aliphatic heterocycles. The third kappa shape index (κ3) is 3.77. The van der Waals surface area contributed by atoms with E-state index in [1.165, 1.54) is 14.2 Å². The van der Waals surface area contributed by atoms with E-state index in [9.17, 15) is 9.59 Å². The molecule has 0 bridgehead atoms. The molecule has 2 atom stereocenters. The summed E-state index contributed by atoms with van der Waals surface area (Å²) in [7, 11) is 2.70. The molecule has 0 N–H and O–H groups in total. The topological polar surface area (TPSA) is 52.6 Å². The van der Waals surface area contributed by atoms with Crippen LogP contribution in [0, 0.1) is 11.8 Å². The predicted octanol–water partition coefficient (Wildman–Crippen LogP) is 1.38. The predicted molar refractivity (Wildman–Crippen MR) is 51.6 cm³/mol. The van der Waals surface area contributed by atoms with Gasteiger partial charge >= 0.3 is 11.9 Å². The van der Waals surface area contributed by atoms with Crippen LogP contribution in [-0.4, -0.2) is 26.2 Å². The number of hydrogen-bond donors (Lipinski definition) is 0. The smallest absolute Gasteiger partial charge is 0.308 e. The lowest BCUT2D eigenvalue weighted by molar-refractivity contribution is -0.149. The molecule has 0 saturated carbocycles. The van der Waals surface area contributed by atoms with Crippen molar-refractivity contribution >= 4 is 11.9 Å². The molecule has 0 heterocycles. The Morgan fingerprint density at radius 2 is 1.79 bits per heavy atom. The van der Waals surface area contributed by atoms with Crippen LogP contribution in [0.3, 0.4) is 0 Å². The summed E-state index contributed by atoms with van der Waals surface area (Å²) in [4.78, 5) is 22.3. The molecule has 82 valence electrons. The summed E-state index contributed by atoms with van der Waals surface area (Å²) in [6, 6.07) is 0. The quantitative estimate of drug-likeness (QED) is 0.632. The van der Waals surface area contributed by atoms with Crippen LogP contribution >= 0.6 is 0 Å². The molecule has 0 aromatic rings. The Morgan fingerprint density at radius 3 is 2.14 bits per heavy atom. The van der Waals surface area contributed by atoms with Crippen LogP contribution in [-0.2, 0) is 19.1 Å². The van der Waals surface area contributed by atoms with Crippen molar-refractivity contribution in [2.75, 3.05) is 14.2 Å². The molecule has 0 spiro atoms. The summed E-state index contributed by atoms with van der Waals surface area (Å²) < 4.78 is 9.19. The molecule has 0 aromatic carbocycles. The maximum Gasteiger partial charge on any atom is 0.308 e. The van der Waals surface area contributed by atoms with E-state index in [1.807, 2.05) is 13.8 Å². The summed E-state index contributed by atoms with van der Waals surface area (Å²) in [5.41, 5.74) is 0. The van der Waals surface area contributed by atoms with Gasteiger partial charge in [-0.25, -0.2) is 0 Å². The molecule has 0 unspecified atom stereocenters. The molecule has 0 fully saturated rings. The van der Waals surface area contributed by atoms with Crippen LogP contribution in [0.1, 0.15) is 26.7 Å². The number of carbonyl (C=O) groups excluding carboxylic acids is 2. The number of hydrogen-bond acceptors (Lipinski definition) is 4. The number of rotatable bonds is 5. The fraction of sp³-hybridized carbons (Fsp3) is 0.800. The summed E-state index contributed by atoms with van der Waals surface area (Å²) in [5.74, 6) is -0.817. The number of carbonyl (C=O) groups is 2. The van der Waals surface area contributed by atoms with E-state index < -0.39 is 0 Å². The number of ether oxygens (including phenoxy) is 2. The van der Waals surface area contributed by atoms with Gasteiger partial charge in [-0.1, -0.05) is 13.8 Å². The Morgan fingerprint density at radius 1 is 1.21 bits per heavy atom. The minimum absolute atomic E-state index is 0.0418. The van der Waals surface area contributed by atoms with E-state index in [-0.39, 0.29) is 30.2 Å². The van der Waals surface area contributed by atoms with Crippen molar-refractivity contribution in [2.24, 2.45) is 11.8 Å². The molecule has 0 amide bonds. The summed E-state index contributed by atoms with van der Waals surface area (Å²) in [6.07, 6.45) is 0.926. The fourth-order valence-corrected chi connectivity index (χ4v) is 1.44. The Labute approximate surface area is 84.6 Å². The highest BCUT2D eigenvalue weighted by atomic mass is 16.5. The van der Waals surface area contributed by atoms with Gasteiger partial charge in [-0.15, -0.1) is 0 Å². The van der Waals surface area contributed by atoms with Crippen molar-refractivity contribution in [3.63, 3.8) is 0 Å². The molecule has 0 radical (unpaired) electrons. The van der Waals surface area contributed by atoms with Crippen LogP contribution in [0.25, 0.3) is 0 Å². The zero-order chi connectivity index (χ0) is 11.1. The lowest BCUT2D eigenvalue weighted by Crippen LogP contribution is -2.24. The first kappa shape index (κ1) is 12.9. The third-order valence-corrected chi connectivity index (χ3v) is 2.35. The van der Waals surface area contributed by atoms with Gasteiger partial charge < -0.3 is 9.47 Å². The normalized spacial score (nSPS) is 14.3. The first-order valence-corrected chi connectivity index (χ1v) is 4.71. The van der Waals surface area contributed by atoms with E-state index in [1.54, 1.807) is 0 Å². The lowest BCUT2D eigenvalue weighted by atomic mass is 9.89. The summed E-state index contributed by atoms with van der Waals surface area (Å²) in [6.45, 7) is 3.75. The zero-order valence-corrected chi connectivity index (χ0v) is 9.20. The van der Waals surface area contributed by atoms with Crippen LogP contribution in [0.4, 0.5) is 0 Å². The van der Waals surface area contributed by atoms with Crippen LogP contribution in [0.15, 0.2) is 0 Å². The van der Waals surface area contributed by atoms with Crippen molar-refractivity contribution in [2.45, 2.75) is 26.7 Å². The van der Waals surface area contributed by atoms with Gasteiger partial charge in [0.05, 0.1) is 20.1 Å². The minimum atomic E-state index is -0.292. The van der Waals surface area contributed by atoms with Gasteiger partial charge in [0.25, 0.3) is 0 Å². The molecule has 0 saturated heterocycles. The molecule has 0 aliphatic rings. The molecule has 0 aromatic heterocycles. The van der Waals surface area contributed by atoms with Gasteiger partial charge in [0.2, 0.25) is 0 Å². The molecule has 0 aliphatic carbocycles. The largest absolute Gasteiger partial charge is 0.469 e. The third-order valence-electron chi connectivity index (χ3n) is 2.35. The van der Waals surface area contributed by atoms with Gasteiger partial charge in [0, 0.05) is 6.42 Å². The first-order chi connectivity index (χ1) is 6.56. The highest BCUT2D eigenvalue weighted by Crippen LogP contribution is 2.20. The number of esters is 2. The van der Waals surface area contributed by atoms with Crippen molar-refractivity contribution in [1.82, 2.24) is 0 Å². The van der Waals surface area contributed by atoms with E-state index in [4.69, 9.17) is 0 Å². The standard InChI is InChI=1S/C10H18O4/c1-5-8(10(12)14-4)7(2)6-9(11)13-3/h7-8H,5-6H2,1-4H3/t7-,8-/m0/s1. The number of methoxy groups -OCH3 is 2. The molecular weight excluding hydrogens is 184 g/mol. The van der Waals surface area contributed by atoms with Crippen molar-refractivity contribution in [3.8, 4) is 0 Å². The average molecular weight is 202 g/mol. The Bertz CT molecular complexity index is 200. The molecule has 0 rings (SSSR count). The van der Waals surface area contributed by atoms with Gasteiger partial charge in [0.15, 0.2) is 0 Å². The fourth-order valence-electron chi connectivity index (χ4n) is 1.44. The van der Waals surface area contributed by atoms with Crippen LogP contribution < -0.4 is 0 Å². The van der Waals surface area contributed by atoms with E-state index >= 15 is 0 Å². The van der Waals surface area contributed by atoms with Crippen molar-refractivity contribution < 1.29 is 19.1 Å². The Hall–Kier alpha value is -1.06. The van der Waals surface area contributed by atoms with Gasteiger partial charge in [-0.05, 0) is 12.3 Å². The highest BCUT2D eigenvalue weighted by Gasteiger charge is 2.26. The molecule has 4 heteroatoms. The summed E-state index contributed by atoms with van der Waals surface area (Å²) in [5, 5.41) is 0. The second-order valence-corrected chi connectivity index (χ2v) is 3.30. The maximum atomic E-state index is 11.3. The molecule has 14 heavy (non-hydrogen) atoms.